The van der Waals surface area contributed by atoms with Gasteiger partial charge in [0.2, 0.25) is 0 Å². The molecule has 0 saturated carbocycles. The zero-order chi connectivity index (χ0) is 13.8. The second-order valence-corrected chi connectivity index (χ2v) is 2.46. The molecule has 0 saturated heterocycles. The van der Waals surface area contributed by atoms with E-state index in [1.54, 1.807) is 24.3 Å². The summed E-state index contributed by atoms with van der Waals surface area (Å²) in [5.41, 5.74) is 8.62. The number of primary amides is 2. The molecule has 2 amide bonds. The molecule has 17 heavy (non-hydrogen) atoms. The van der Waals surface area contributed by atoms with Gasteiger partial charge in [-0.2, -0.15) is 0 Å². The van der Waals surface area contributed by atoms with Gasteiger partial charge in [-0.05, 0) is 6.07 Å². The highest BCUT2D eigenvalue weighted by molar-refractivity contribution is 5.61. The fourth-order valence-corrected chi connectivity index (χ4v) is 0.645. The number of carboxylic acid groups (broad SMARTS) is 2. The van der Waals surface area contributed by atoms with Crippen molar-refractivity contribution in [3.8, 4) is 5.75 Å². The van der Waals surface area contributed by atoms with E-state index < -0.39 is 12.2 Å². The van der Waals surface area contributed by atoms with E-state index in [1.807, 2.05) is 0 Å². The fourth-order valence-electron chi connectivity index (χ4n) is 0.645. The summed E-state index contributed by atoms with van der Waals surface area (Å²) in [7, 11) is 0. The number of carbonyl (C=O) groups is 2. The molecule has 8 N–H and O–H groups in total. The number of aliphatic hydroxyl groups excluding tert-OH is 1. The summed E-state index contributed by atoms with van der Waals surface area (Å²) in [6.45, 7) is -0.104. The lowest BCUT2D eigenvalue weighted by molar-refractivity contribution is 0.204. The third-order valence-electron chi connectivity index (χ3n) is 1.16. The van der Waals surface area contributed by atoms with E-state index in [9.17, 15) is 0 Å². The molecular weight excluding hydrogens is 232 g/mol. The van der Waals surface area contributed by atoms with E-state index in [0.717, 1.165) is 0 Å². The second-order valence-electron chi connectivity index (χ2n) is 2.46. The number of phenols is 1. The normalized spacial score (nSPS) is 7.82. The minimum atomic E-state index is -1.33. The third kappa shape index (κ3) is 16.2. The van der Waals surface area contributed by atoms with E-state index in [2.05, 4.69) is 11.5 Å². The second kappa shape index (κ2) is 10.1. The Kier molecular flexibility index (Phi) is 10.0. The maximum atomic E-state index is 8.95. The fraction of sp³-hybridized carbons (Fsp3) is 0.111. The number of rotatable bonds is 1. The average molecular weight is 246 g/mol. The van der Waals surface area contributed by atoms with Crippen LogP contribution in [0.25, 0.3) is 0 Å². The van der Waals surface area contributed by atoms with Gasteiger partial charge in [-0.25, -0.2) is 9.59 Å². The summed E-state index contributed by atoms with van der Waals surface area (Å²) in [4.78, 5) is 17.6. The van der Waals surface area contributed by atoms with Gasteiger partial charge in [-0.1, -0.05) is 18.2 Å². The number of para-hydroxylation sites is 1. The number of hydrogen-bond acceptors (Lipinski definition) is 4. The Morgan fingerprint density at radius 1 is 1.06 bits per heavy atom. The first-order valence-electron chi connectivity index (χ1n) is 4.15. The molecule has 0 aliphatic rings. The molecule has 0 aromatic heterocycles. The molecule has 0 fully saturated rings. The minimum Gasteiger partial charge on any atom is -0.508 e. The number of amides is 2. The van der Waals surface area contributed by atoms with Crippen LogP contribution in [0.3, 0.4) is 0 Å². The molecule has 0 unspecified atom stereocenters. The van der Waals surface area contributed by atoms with Crippen molar-refractivity contribution in [2.24, 2.45) is 11.5 Å². The number of nitrogens with two attached hydrogens (primary N) is 2. The van der Waals surface area contributed by atoms with Crippen molar-refractivity contribution >= 4 is 12.2 Å². The Balaban J connectivity index is 0. The van der Waals surface area contributed by atoms with E-state index in [-0.39, 0.29) is 12.4 Å². The Bertz CT molecular complexity index is 335. The maximum absolute atomic E-state index is 8.95. The molecule has 0 spiro atoms. The van der Waals surface area contributed by atoms with Gasteiger partial charge in [0.25, 0.3) is 0 Å². The largest absolute Gasteiger partial charge is 0.508 e. The SMILES string of the molecule is NC(=O)O.NC(=O)O.OCc1ccccc1O. The van der Waals surface area contributed by atoms with Crippen LogP contribution in [0.15, 0.2) is 24.3 Å². The highest BCUT2D eigenvalue weighted by Crippen LogP contribution is 2.14. The molecule has 1 rings (SSSR count). The van der Waals surface area contributed by atoms with Gasteiger partial charge >= 0.3 is 12.2 Å². The summed E-state index contributed by atoms with van der Waals surface area (Å²) >= 11 is 0. The first-order chi connectivity index (χ1) is 7.81. The molecule has 96 valence electrons. The lowest BCUT2D eigenvalue weighted by Gasteiger charge is -1.96. The van der Waals surface area contributed by atoms with E-state index >= 15 is 0 Å². The standard InChI is InChI=1S/C7H8O2.2CH3NO2/c8-5-6-3-1-2-4-7(6)9;2*2-1(3)4/h1-4,8-9H,5H2;2*2H2,(H,3,4). The van der Waals surface area contributed by atoms with Gasteiger partial charge in [-0.3, -0.25) is 0 Å². The molecule has 0 aliphatic carbocycles. The maximum Gasteiger partial charge on any atom is 0.402 e. The van der Waals surface area contributed by atoms with Crippen molar-refractivity contribution < 1.29 is 30.0 Å². The zero-order valence-electron chi connectivity index (χ0n) is 8.78. The monoisotopic (exact) mass is 246 g/mol. The molecule has 0 heterocycles. The third-order valence-corrected chi connectivity index (χ3v) is 1.16. The van der Waals surface area contributed by atoms with Crippen molar-refractivity contribution in [2.75, 3.05) is 0 Å². The predicted octanol–water partition coefficient (Wildman–Crippen LogP) is 0.131. The van der Waals surface area contributed by atoms with Gasteiger partial charge in [0.05, 0.1) is 6.61 Å². The zero-order valence-corrected chi connectivity index (χ0v) is 8.78. The van der Waals surface area contributed by atoms with Crippen LogP contribution in [-0.4, -0.2) is 32.6 Å². The molecule has 0 atom stereocenters. The Morgan fingerprint density at radius 3 is 1.65 bits per heavy atom. The summed E-state index contributed by atoms with van der Waals surface area (Å²) in [6, 6.07) is 6.71. The van der Waals surface area contributed by atoms with Crippen LogP contribution in [0.5, 0.6) is 5.75 Å². The summed E-state index contributed by atoms with van der Waals surface area (Å²) in [5, 5.41) is 31.9. The van der Waals surface area contributed by atoms with E-state index in [1.165, 1.54) is 0 Å². The smallest absolute Gasteiger partial charge is 0.402 e. The Hall–Kier alpha value is -2.48. The van der Waals surface area contributed by atoms with Crippen molar-refractivity contribution in [3.63, 3.8) is 0 Å². The first-order valence-corrected chi connectivity index (χ1v) is 4.15. The molecule has 0 aliphatic heterocycles. The lowest BCUT2D eigenvalue weighted by Crippen LogP contribution is -2.03. The first kappa shape index (κ1) is 16.9. The quantitative estimate of drug-likeness (QED) is 0.411. The van der Waals surface area contributed by atoms with Crippen LogP contribution < -0.4 is 11.5 Å². The van der Waals surface area contributed by atoms with E-state index in [4.69, 9.17) is 30.0 Å². The van der Waals surface area contributed by atoms with Crippen LogP contribution >= 0.6 is 0 Å². The summed E-state index contributed by atoms with van der Waals surface area (Å²) in [5.74, 6) is 0.153. The van der Waals surface area contributed by atoms with Crippen LogP contribution in [0.2, 0.25) is 0 Å². The van der Waals surface area contributed by atoms with Crippen molar-refractivity contribution in [1.82, 2.24) is 0 Å². The van der Waals surface area contributed by atoms with E-state index in [0.29, 0.717) is 5.56 Å². The van der Waals surface area contributed by atoms with Crippen LogP contribution in [0, 0.1) is 0 Å². The molecule has 1 aromatic rings. The average Bonchev–Trinajstić information content (AvgIpc) is 2.16. The van der Waals surface area contributed by atoms with Gasteiger partial charge in [0.15, 0.2) is 0 Å². The minimum absolute atomic E-state index is 0.104. The predicted molar refractivity (Wildman–Crippen MR) is 58.5 cm³/mol. The molecule has 1 aromatic carbocycles. The molecule has 0 bridgehead atoms. The highest BCUT2D eigenvalue weighted by Gasteiger charge is 1.93. The molecular formula is C9H14N2O6. The number of hydrogen-bond donors (Lipinski definition) is 6. The highest BCUT2D eigenvalue weighted by atomic mass is 16.4. The number of aliphatic hydroxyl groups is 1. The summed E-state index contributed by atoms with van der Waals surface area (Å²) in [6.07, 6.45) is -2.67. The van der Waals surface area contributed by atoms with Crippen molar-refractivity contribution in [1.29, 1.82) is 0 Å². The van der Waals surface area contributed by atoms with Gasteiger partial charge < -0.3 is 31.9 Å². The Labute approximate surface area is 96.7 Å². The van der Waals surface area contributed by atoms with Crippen molar-refractivity contribution in [3.05, 3.63) is 29.8 Å². The number of aromatic hydroxyl groups is 1. The molecule has 0 radical (unpaired) electrons. The van der Waals surface area contributed by atoms with Crippen molar-refractivity contribution in [2.45, 2.75) is 6.61 Å². The topological polar surface area (TPSA) is 167 Å². The molecule has 8 nitrogen and oxygen atoms in total. The van der Waals surface area contributed by atoms with Gasteiger partial charge in [0.1, 0.15) is 5.75 Å². The molecule has 8 heteroatoms. The number of benzene rings is 1. The van der Waals surface area contributed by atoms with Gasteiger partial charge in [-0.15, -0.1) is 0 Å². The summed E-state index contributed by atoms with van der Waals surface area (Å²) < 4.78 is 0. The van der Waals surface area contributed by atoms with Gasteiger partial charge in [0, 0.05) is 5.56 Å². The van der Waals surface area contributed by atoms with Crippen LogP contribution in [0.1, 0.15) is 5.56 Å². The Morgan fingerprint density at radius 2 is 1.41 bits per heavy atom. The van der Waals surface area contributed by atoms with Crippen LogP contribution in [-0.2, 0) is 6.61 Å². The lowest BCUT2D eigenvalue weighted by atomic mass is 10.2. The van der Waals surface area contributed by atoms with Crippen LogP contribution in [0.4, 0.5) is 9.59 Å².